The van der Waals surface area contributed by atoms with Gasteiger partial charge in [-0.15, -0.1) is 0 Å². The van der Waals surface area contributed by atoms with Crippen LogP contribution in [0.25, 0.3) is 10.9 Å². The van der Waals surface area contributed by atoms with Crippen LogP contribution in [0.1, 0.15) is 39.6 Å². The first kappa shape index (κ1) is 22.2. The molecule has 1 heterocycles. The van der Waals surface area contributed by atoms with Crippen LogP contribution in [0.3, 0.4) is 0 Å². The second kappa shape index (κ2) is 9.13. The Morgan fingerprint density at radius 1 is 1.10 bits per heavy atom. The van der Waals surface area contributed by atoms with Gasteiger partial charge < -0.3 is 15.7 Å². The van der Waals surface area contributed by atoms with Gasteiger partial charge in [0.15, 0.2) is 0 Å². The summed E-state index contributed by atoms with van der Waals surface area (Å²) < 4.78 is 40.1. The van der Waals surface area contributed by atoms with E-state index in [1.54, 1.807) is 31.2 Å². The zero-order chi connectivity index (χ0) is 22.6. The number of aliphatic hydroxyl groups is 1. The molecule has 9 heteroatoms. The van der Waals surface area contributed by atoms with E-state index in [0.29, 0.717) is 10.9 Å². The lowest BCUT2D eigenvalue weighted by Crippen LogP contribution is -2.33. The number of nitrogens with one attached hydrogen (secondary N) is 2. The first-order valence-electron chi connectivity index (χ1n) is 9.48. The van der Waals surface area contributed by atoms with Crippen molar-refractivity contribution in [1.82, 2.24) is 10.3 Å². The van der Waals surface area contributed by atoms with Crippen molar-refractivity contribution >= 4 is 28.4 Å². The largest absolute Gasteiger partial charge is 0.416 e. The van der Waals surface area contributed by atoms with Crippen LogP contribution in [0, 0.1) is 0 Å². The lowest BCUT2D eigenvalue weighted by atomic mass is 10.1. The van der Waals surface area contributed by atoms with Crippen LogP contribution in [-0.2, 0) is 6.18 Å². The van der Waals surface area contributed by atoms with Crippen molar-refractivity contribution in [2.24, 2.45) is 0 Å². The van der Waals surface area contributed by atoms with Gasteiger partial charge in [-0.3, -0.25) is 14.6 Å². The van der Waals surface area contributed by atoms with Crippen LogP contribution < -0.4 is 10.6 Å². The van der Waals surface area contributed by atoms with E-state index in [-0.39, 0.29) is 29.8 Å². The number of alkyl halides is 3. The molecule has 0 fully saturated rings. The molecule has 31 heavy (non-hydrogen) atoms. The molecule has 6 nitrogen and oxygen atoms in total. The van der Waals surface area contributed by atoms with Gasteiger partial charge in [0.2, 0.25) is 0 Å². The highest BCUT2D eigenvalue weighted by Crippen LogP contribution is 2.32. The molecule has 0 saturated heterocycles. The van der Waals surface area contributed by atoms with Crippen LogP contribution in [0.5, 0.6) is 0 Å². The maximum atomic E-state index is 13.4. The SMILES string of the molecule is CC(CCO)NC(=O)c1cc(NC(=O)c2cccc3cccnc23)cc(C(F)(F)F)c1. The second-order valence-electron chi connectivity index (χ2n) is 7.02. The number of carbonyl (C=O) groups excluding carboxylic acids is 2. The maximum absolute atomic E-state index is 13.4. The highest BCUT2D eigenvalue weighted by atomic mass is 19.4. The molecule has 0 aliphatic carbocycles. The molecule has 162 valence electrons. The normalized spacial score (nSPS) is 12.4. The predicted octanol–water partition coefficient (Wildman–Crippen LogP) is 4.01. The number of hydrogen-bond donors (Lipinski definition) is 3. The Labute approximate surface area is 176 Å². The summed E-state index contributed by atoms with van der Waals surface area (Å²) >= 11 is 0. The van der Waals surface area contributed by atoms with Gasteiger partial charge in [0.05, 0.1) is 16.6 Å². The Hall–Kier alpha value is -3.46. The van der Waals surface area contributed by atoms with Gasteiger partial charge in [-0.05, 0) is 43.7 Å². The van der Waals surface area contributed by atoms with E-state index >= 15 is 0 Å². The summed E-state index contributed by atoms with van der Waals surface area (Å²) in [7, 11) is 0. The summed E-state index contributed by atoms with van der Waals surface area (Å²) in [5.74, 6) is -1.39. The van der Waals surface area contributed by atoms with E-state index in [9.17, 15) is 22.8 Å². The first-order chi connectivity index (χ1) is 14.7. The van der Waals surface area contributed by atoms with E-state index < -0.39 is 29.6 Å². The standard InChI is InChI=1S/C22H20F3N3O3/c1-13(7-9-29)27-20(30)15-10-16(22(23,24)25)12-17(11-15)28-21(31)18-6-2-4-14-5-3-8-26-19(14)18/h2-6,8,10-13,29H,7,9H2,1H3,(H,27,30)(H,28,31). The number of anilines is 1. The van der Waals surface area contributed by atoms with Crippen LogP contribution >= 0.6 is 0 Å². The number of carbonyl (C=O) groups is 2. The third-order valence-electron chi connectivity index (χ3n) is 4.60. The maximum Gasteiger partial charge on any atom is 0.416 e. The molecule has 3 rings (SSSR count). The Balaban J connectivity index is 1.94. The topological polar surface area (TPSA) is 91.3 Å². The van der Waals surface area contributed by atoms with Crippen LogP contribution in [0.2, 0.25) is 0 Å². The van der Waals surface area contributed by atoms with Gasteiger partial charge >= 0.3 is 6.18 Å². The molecule has 1 unspecified atom stereocenters. The number of halogens is 3. The average molecular weight is 431 g/mol. The number of aliphatic hydroxyl groups excluding tert-OH is 1. The van der Waals surface area contributed by atoms with E-state index in [4.69, 9.17) is 5.11 Å². The number of nitrogens with zero attached hydrogens (tertiary/aromatic N) is 1. The zero-order valence-corrected chi connectivity index (χ0v) is 16.5. The smallest absolute Gasteiger partial charge is 0.396 e. The lowest BCUT2D eigenvalue weighted by molar-refractivity contribution is -0.137. The van der Waals surface area contributed by atoms with Gasteiger partial charge in [-0.2, -0.15) is 13.2 Å². The summed E-state index contributed by atoms with van der Waals surface area (Å²) in [6.45, 7) is 1.45. The fourth-order valence-electron chi connectivity index (χ4n) is 3.05. The molecule has 1 atom stereocenters. The minimum absolute atomic E-state index is 0.173. The molecule has 0 aliphatic rings. The van der Waals surface area contributed by atoms with E-state index in [1.807, 2.05) is 0 Å². The monoisotopic (exact) mass is 431 g/mol. The number of benzene rings is 2. The quantitative estimate of drug-likeness (QED) is 0.550. The Morgan fingerprint density at radius 2 is 1.84 bits per heavy atom. The third-order valence-corrected chi connectivity index (χ3v) is 4.60. The van der Waals surface area contributed by atoms with E-state index in [0.717, 1.165) is 12.1 Å². The highest BCUT2D eigenvalue weighted by molar-refractivity contribution is 6.12. The zero-order valence-electron chi connectivity index (χ0n) is 16.5. The van der Waals surface area contributed by atoms with Crippen molar-refractivity contribution in [3.05, 3.63) is 71.4 Å². The summed E-state index contributed by atoms with van der Waals surface area (Å²) in [5, 5.41) is 14.6. The van der Waals surface area contributed by atoms with Crippen molar-refractivity contribution in [2.75, 3.05) is 11.9 Å². The van der Waals surface area contributed by atoms with Gasteiger partial charge in [0.25, 0.3) is 11.8 Å². The molecule has 0 aliphatic heterocycles. The molecular formula is C22H20F3N3O3. The number of amides is 2. The van der Waals surface area contributed by atoms with Gasteiger partial charge in [0.1, 0.15) is 0 Å². The fraction of sp³-hybridized carbons (Fsp3) is 0.227. The number of rotatable bonds is 6. The molecular weight excluding hydrogens is 411 g/mol. The minimum atomic E-state index is -4.71. The average Bonchev–Trinajstić information content (AvgIpc) is 2.72. The molecule has 2 aromatic carbocycles. The van der Waals surface area contributed by atoms with Crippen molar-refractivity contribution < 1.29 is 27.9 Å². The van der Waals surface area contributed by atoms with Gasteiger partial charge in [0, 0.05) is 35.5 Å². The van der Waals surface area contributed by atoms with Crippen LogP contribution in [-0.4, -0.2) is 34.6 Å². The van der Waals surface area contributed by atoms with Crippen molar-refractivity contribution in [3.63, 3.8) is 0 Å². The summed E-state index contributed by atoms with van der Waals surface area (Å²) in [5.41, 5.74) is -0.900. The molecule has 3 aromatic rings. The number of hydrogen-bond acceptors (Lipinski definition) is 4. The Kier molecular flexibility index (Phi) is 6.55. The molecule has 0 bridgehead atoms. The molecule has 1 aromatic heterocycles. The molecule has 0 spiro atoms. The molecule has 3 N–H and O–H groups in total. The van der Waals surface area contributed by atoms with Crippen LogP contribution in [0.15, 0.2) is 54.7 Å². The van der Waals surface area contributed by atoms with Crippen molar-refractivity contribution in [2.45, 2.75) is 25.6 Å². The number of aromatic nitrogens is 1. The first-order valence-corrected chi connectivity index (χ1v) is 9.48. The number of para-hydroxylation sites is 1. The van der Waals surface area contributed by atoms with E-state index in [1.165, 1.54) is 18.3 Å². The summed E-state index contributed by atoms with van der Waals surface area (Å²) in [6, 6.07) is 10.6. The van der Waals surface area contributed by atoms with Crippen molar-refractivity contribution in [1.29, 1.82) is 0 Å². The molecule has 0 saturated carbocycles. The van der Waals surface area contributed by atoms with Gasteiger partial charge in [-0.25, -0.2) is 0 Å². The number of pyridine rings is 1. The minimum Gasteiger partial charge on any atom is -0.396 e. The Morgan fingerprint density at radius 3 is 2.55 bits per heavy atom. The molecule has 2 amide bonds. The van der Waals surface area contributed by atoms with Gasteiger partial charge in [-0.1, -0.05) is 18.2 Å². The third kappa shape index (κ3) is 5.37. The summed E-state index contributed by atoms with van der Waals surface area (Å²) in [4.78, 5) is 29.4. The summed E-state index contributed by atoms with van der Waals surface area (Å²) in [6.07, 6.45) is -2.95. The predicted molar refractivity (Wildman–Crippen MR) is 110 cm³/mol. The highest BCUT2D eigenvalue weighted by Gasteiger charge is 2.32. The number of fused-ring (bicyclic) bond motifs is 1. The molecule has 0 radical (unpaired) electrons. The Bertz CT molecular complexity index is 1110. The second-order valence-corrected chi connectivity index (χ2v) is 7.02. The van der Waals surface area contributed by atoms with Crippen molar-refractivity contribution in [3.8, 4) is 0 Å². The van der Waals surface area contributed by atoms with E-state index in [2.05, 4.69) is 15.6 Å². The van der Waals surface area contributed by atoms with Crippen LogP contribution in [0.4, 0.5) is 18.9 Å². The fourth-order valence-corrected chi connectivity index (χ4v) is 3.05. The lowest BCUT2D eigenvalue weighted by Gasteiger charge is -2.16.